The first-order valence-electron chi connectivity index (χ1n) is 11.2. The second-order valence-corrected chi connectivity index (χ2v) is 8.40. The van der Waals surface area contributed by atoms with E-state index in [9.17, 15) is 9.59 Å². The van der Waals surface area contributed by atoms with Gasteiger partial charge in [0.2, 0.25) is 0 Å². The number of carbonyl (C=O) groups is 2. The van der Waals surface area contributed by atoms with Crippen molar-refractivity contribution in [2.24, 2.45) is 0 Å². The lowest BCUT2D eigenvalue weighted by Gasteiger charge is -2.16. The first-order chi connectivity index (χ1) is 15.8. The fraction of sp³-hybridized carbons (Fsp3) is 0.400. The molecule has 3 N–H and O–H groups in total. The topological polar surface area (TPSA) is 88.7 Å². The number of carbonyl (C=O) groups excluding carboxylic acids is 2. The Kier molecular flexibility index (Phi) is 10.6. The number of thiocarbonyl (C=S) groups is 1. The highest BCUT2D eigenvalue weighted by Crippen LogP contribution is 2.27. The van der Waals surface area contributed by atoms with Crippen LogP contribution in [0.5, 0.6) is 11.5 Å². The van der Waals surface area contributed by atoms with E-state index in [-0.39, 0.29) is 17.6 Å². The van der Waals surface area contributed by atoms with E-state index in [2.05, 4.69) is 36.9 Å². The van der Waals surface area contributed by atoms with Crippen molar-refractivity contribution in [1.29, 1.82) is 0 Å². The maximum absolute atomic E-state index is 12.6. The van der Waals surface area contributed by atoms with Gasteiger partial charge in [0, 0.05) is 0 Å². The maximum Gasteiger partial charge on any atom is 0.276 e. The summed E-state index contributed by atoms with van der Waals surface area (Å²) in [7, 11) is 0. The van der Waals surface area contributed by atoms with Crippen LogP contribution in [0.4, 0.5) is 0 Å². The molecule has 0 unspecified atom stereocenters. The van der Waals surface area contributed by atoms with Crippen LogP contribution in [0.3, 0.4) is 0 Å². The van der Waals surface area contributed by atoms with Gasteiger partial charge in [-0.25, -0.2) is 0 Å². The zero-order valence-corrected chi connectivity index (χ0v) is 20.5. The molecule has 0 aliphatic carbocycles. The summed E-state index contributed by atoms with van der Waals surface area (Å²) in [4.78, 5) is 24.8. The average molecular weight is 472 g/mol. The van der Waals surface area contributed by atoms with Crippen molar-refractivity contribution in [3.8, 4) is 11.5 Å². The molecule has 0 atom stereocenters. The standard InChI is InChI=1S/C25H33N3O4S/c1-5-6-9-14-31-21-11-8-7-10-20(21)24(30)26-25(33)28-27-23(29)16-32-22-15-18(4)12-13-19(22)17(2)3/h7-8,10-13,15,17H,5-6,9,14,16H2,1-4H3,(H,27,29)(H2,26,28,30,33). The lowest BCUT2D eigenvalue weighted by Crippen LogP contribution is -2.49. The van der Waals surface area contributed by atoms with E-state index in [0.29, 0.717) is 23.7 Å². The van der Waals surface area contributed by atoms with E-state index < -0.39 is 11.8 Å². The van der Waals surface area contributed by atoms with Crippen LogP contribution in [-0.4, -0.2) is 30.1 Å². The van der Waals surface area contributed by atoms with Gasteiger partial charge in [0.1, 0.15) is 11.5 Å². The van der Waals surface area contributed by atoms with E-state index in [1.54, 1.807) is 18.2 Å². The Bertz CT molecular complexity index is 962. The zero-order chi connectivity index (χ0) is 24.2. The van der Waals surface area contributed by atoms with Gasteiger partial charge >= 0.3 is 0 Å². The van der Waals surface area contributed by atoms with Crippen LogP contribution in [0.2, 0.25) is 0 Å². The number of benzene rings is 2. The molecule has 0 aliphatic heterocycles. The van der Waals surface area contributed by atoms with Gasteiger partial charge in [-0.3, -0.25) is 25.8 Å². The van der Waals surface area contributed by atoms with Gasteiger partial charge in [0.05, 0.1) is 12.2 Å². The first-order valence-corrected chi connectivity index (χ1v) is 11.6. The van der Waals surface area contributed by atoms with Crippen molar-refractivity contribution < 1.29 is 19.1 Å². The summed E-state index contributed by atoms with van der Waals surface area (Å²) in [5.41, 5.74) is 7.41. The van der Waals surface area contributed by atoms with Gasteiger partial charge in [0.25, 0.3) is 11.8 Å². The van der Waals surface area contributed by atoms with E-state index in [4.69, 9.17) is 21.7 Å². The molecule has 0 spiro atoms. The number of ether oxygens (including phenoxy) is 2. The maximum atomic E-state index is 12.6. The van der Waals surface area contributed by atoms with Gasteiger partial charge < -0.3 is 9.47 Å². The Hall–Kier alpha value is -3.13. The summed E-state index contributed by atoms with van der Waals surface area (Å²) < 4.78 is 11.4. The zero-order valence-electron chi connectivity index (χ0n) is 19.7. The van der Waals surface area contributed by atoms with Crippen molar-refractivity contribution in [2.75, 3.05) is 13.2 Å². The number of amides is 2. The Morgan fingerprint density at radius 2 is 1.76 bits per heavy atom. The summed E-state index contributed by atoms with van der Waals surface area (Å²) in [6.07, 6.45) is 3.07. The van der Waals surface area contributed by atoms with E-state index >= 15 is 0 Å². The highest BCUT2D eigenvalue weighted by molar-refractivity contribution is 7.80. The van der Waals surface area contributed by atoms with Crippen LogP contribution < -0.4 is 25.6 Å². The monoisotopic (exact) mass is 471 g/mol. The van der Waals surface area contributed by atoms with Gasteiger partial charge in [0.15, 0.2) is 11.7 Å². The molecular formula is C25H33N3O4S. The summed E-state index contributed by atoms with van der Waals surface area (Å²) >= 11 is 5.12. The summed E-state index contributed by atoms with van der Waals surface area (Å²) in [6, 6.07) is 12.9. The third-order valence-corrected chi connectivity index (χ3v) is 5.03. The lowest BCUT2D eigenvalue weighted by atomic mass is 10.0. The molecule has 0 saturated carbocycles. The molecule has 0 bridgehead atoms. The molecular weight excluding hydrogens is 438 g/mol. The van der Waals surface area contributed by atoms with Gasteiger partial charge in [-0.05, 0) is 60.8 Å². The van der Waals surface area contributed by atoms with E-state index in [1.165, 1.54) is 0 Å². The van der Waals surface area contributed by atoms with E-state index in [1.807, 2.05) is 31.2 Å². The van der Waals surface area contributed by atoms with Crippen molar-refractivity contribution in [1.82, 2.24) is 16.2 Å². The molecule has 2 aromatic carbocycles. The number of unbranched alkanes of at least 4 members (excludes halogenated alkanes) is 2. The largest absolute Gasteiger partial charge is 0.493 e. The van der Waals surface area contributed by atoms with Crippen LogP contribution in [0.1, 0.15) is 67.4 Å². The van der Waals surface area contributed by atoms with Gasteiger partial charge in [-0.1, -0.05) is 57.9 Å². The van der Waals surface area contributed by atoms with Crippen LogP contribution >= 0.6 is 12.2 Å². The van der Waals surface area contributed by atoms with Crippen LogP contribution in [0, 0.1) is 6.92 Å². The number of hydrogen-bond donors (Lipinski definition) is 3. The molecule has 2 rings (SSSR count). The molecule has 2 amide bonds. The van der Waals surface area contributed by atoms with Crippen molar-refractivity contribution in [3.63, 3.8) is 0 Å². The third-order valence-electron chi connectivity index (χ3n) is 4.83. The number of aryl methyl sites for hydroxylation is 1. The second kappa shape index (κ2) is 13.4. The van der Waals surface area contributed by atoms with E-state index in [0.717, 1.165) is 30.4 Å². The molecule has 0 heterocycles. The highest BCUT2D eigenvalue weighted by Gasteiger charge is 2.14. The van der Waals surface area contributed by atoms with Gasteiger partial charge in [-0.2, -0.15) is 0 Å². The lowest BCUT2D eigenvalue weighted by molar-refractivity contribution is -0.123. The fourth-order valence-corrected chi connectivity index (χ4v) is 3.21. The number of nitrogens with one attached hydrogen (secondary N) is 3. The predicted octanol–water partition coefficient (Wildman–Crippen LogP) is 4.40. The molecule has 0 aliphatic rings. The molecule has 33 heavy (non-hydrogen) atoms. The Labute approximate surface area is 201 Å². The normalized spacial score (nSPS) is 10.5. The first kappa shape index (κ1) is 26.1. The summed E-state index contributed by atoms with van der Waals surface area (Å²) in [5, 5.41) is 2.51. The van der Waals surface area contributed by atoms with Crippen LogP contribution in [0.15, 0.2) is 42.5 Å². The van der Waals surface area contributed by atoms with Gasteiger partial charge in [-0.15, -0.1) is 0 Å². The van der Waals surface area contributed by atoms with Crippen molar-refractivity contribution in [3.05, 3.63) is 59.2 Å². The number of hydrogen-bond acceptors (Lipinski definition) is 5. The smallest absolute Gasteiger partial charge is 0.276 e. The molecule has 2 aromatic rings. The minimum atomic E-state index is -0.428. The van der Waals surface area contributed by atoms with Crippen molar-refractivity contribution >= 4 is 29.1 Å². The Morgan fingerprint density at radius 1 is 1.00 bits per heavy atom. The quantitative estimate of drug-likeness (QED) is 0.270. The third kappa shape index (κ3) is 8.73. The predicted molar refractivity (Wildman–Crippen MR) is 134 cm³/mol. The van der Waals surface area contributed by atoms with Crippen LogP contribution in [-0.2, 0) is 4.79 Å². The fourth-order valence-electron chi connectivity index (χ4n) is 3.07. The minimum Gasteiger partial charge on any atom is -0.493 e. The number of hydrazine groups is 1. The Morgan fingerprint density at radius 3 is 2.48 bits per heavy atom. The molecule has 7 nitrogen and oxygen atoms in total. The Balaban J connectivity index is 1.83. The number of para-hydroxylation sites is 1. The van der Waals surface area contributed by atoms with Crippen molar-refractivity contribution in [2.45, 2.75) is 52.9 Å². The highest BCUT2D eigenvalue weighted by atomic mass is 32.1. The molecule has 178 valence electrons. The second-order valence-electron chi connectivity index (χ2n) is 7.99. The average Bonchev–Trinajstić information content (AvgIpc) is 2.79. The SMILES string of the molecule is CCCCCOc1ccccc1C(=O)NC(=S)NNC(=O)COc1cc(C)ccc1C(C)C. The molecule has 0 aromatic heterocycles. The molecule has 0 fully saturated rings. The molecule has 8 heteroatoms. The van der Waals surface area contributed by atoms with Crippen LogP contribution in [0.25, 0.3) is 0 Å². The summed E-state index contributed by atoms with van der Waals surface area (Å²) in [5.74, 6) is 0.577. The minimum absolute atomic E-state index is 0.0347. The number of rotatable bonds is 10. The summed E-state index contributed by atoms with van der Waals surface area (Å²) in [6.45, 7) is 8.56. The molecule has 0 saturated heterocycles. The molecule has 0 radical (unpaired) electrons.